The van der Waals surface area contributed by atoms with Crippen LogP contribution < -0.4 is 0 Å². The highest BCUT2D eigenvalue weighted by Crippen LogP contribution is 2.23. The molecule has 1 unspecified atom stereocenters. The molecule has 0 radical (unpaired) electrons. The molecule has 0 heterocycles. The fourth-order valence-electron chi connectivity index (χ4n) is 1.31. The van der Waals surface area contributed by atoms with Crippen LogP contribution in [-0.2, 0) is 0 Å². The largest absolute Gasteiger partial charge is 0.237 e. The van der Waals surface area contributed by atoms with Gasteiger partial charge in [-0.25, -0.2) is 0 Å². The van der Waals surface area contributed by atoms with Gasteiger partial charge in [-0.3, -0.25) is 0 Å². The van der Waals surface area contributed by atoms with E-state index in [1.807, 2.05) is 0 Å². The van der Waals surface area contributed by atoms with E-state index in [-0.39, 0.29) is 0 Å². The zero-order valence-electron chi connectivity index (χ0n) is 5.89. The highest BCUT2D eigenvalue weighted by molar-refractivity contribution is 7.33. The number of hydrogen-bond acceptors (Lipinski definition) is 0. The molecule has 3 heteroatoms. The van der Waals surface area contributed by atoms with Crippen LogP contribution in [-0.4, -0.2) is 7.42 Å². The lowest BCUT2D eigenvalue weighted by atomic mass is 9.98. The molecular weight excluding hydrogens is 183 g/mol. The summed E-state index contributed by atoms with van der Waals surface area (Å²) in [6.07, 6.45) is 8.37. The van der Waals surface area contributed by atoms with E-state index in [1.165, 1.54) is 19.3 Å². The molecule has 0 bridgehead atoms. The molecule has 0 aromatic heterocycles. The van der Waals surface area contributed by atoms with Crippen LogP contribution in [0.1, 0.15) is 19.3 Å². The van der Waals surface area contributed by atoms with Gasteiger partial charge in [-0.1, -0.05) is 12.2 Å². The highest BCUT2D eigenvalue weighted by Gasteiger charge is 2.12. The summed E-state index contributed by atoms with van der Waals surface area (Å²) < 4.78 is 0. The van der Waals surface area contributed by atoms with Crippen LogP contribution in [0.5, 0.6) is 0 Å². The summed E-state index contributed by atoms with van der Waals surface area (Å²) in [5.74, 6) is 0.695. The van der Waals surface area contributed by atoms with E-state index in [0.29, 0.717) is 5.92 Å². The molecule has 0 saturated carbocycles. The Bertz CT molecular complexity index is 123. The number of halogens is 2. The molecule has 10 heavy (non-hydrogen) atoms. The van der Waals surface area contributed by atoms with Gasteiger partial charge in [0.15, 0.2) is 0 Å². The fourth-order valence-corrected chi connectivity index (χ4v) is 3.53. The van der Waals surface area contributed by atoms with Gasteiger partial charge in [0.25, 0.3) is 0 Å². The minimum absolute atomic E-state index is 0.695. The summed E-state index contributed by atoms with van der Waals surface area (Å²) in [6, 6.07) is 1.06. The van der Waals surface area contributed by atoms with Crippen molar-refractivity contribution in [1.82, 2.24) is 0 Å². The van der Waals surface area contributed by atoms with Crippen molar-refractivity contribution in [3.63, 3.8) is 0 Å². The Hall–Kier alpha value is 0.537. The van der Waals surface area contributed by atoms with Gasteiger partial charge in [0, 0.05) is 0 Å². The van der Waals surface area contributed by atoms with Crippen molar-refractivity contribution in [3.8, 4) is 0 Å². The Morgan fingerprint density at radius 3 is 2.80 bits per heavy atom. The van der Waals surface area contributed by atoms with Gasteiger partial charge in [0.1, 0.15) is 0 Å². The van der Waals surface area contributed by atoms with E-state index in [4.69, 9.17) is 22.2 Å². The molecule has 0 amide bonds. The maximum atomic E-state index is 5.78. The Morgan fingerprint density at radius 1 is 1.50 bits per heavy atom. The summed E-state index contributed by atoms with van der Waals surface area (Å²) in [5.41, 5.74) is 0. The van der Waals surface area contributed by atoms with E-state index in [0.717, 1.165) is 6.04 Å². The lowest BCUT2D eigenvalue weighted by Crippen LogP contribution is -2.06. The summed E-state index contributed by atoms with van der Waals surface area (Å²) in [5, 5.41) is 0. The average Bonchev–Trinajstić information content (AvgIpc) is 1.88. The van der Waals surface area contributed by atoms with E-state index in [1.54, 1.807) is 0 Å². The molecule has 1 aliphatic carbocycles. The second-order valence-electron chi connectivity index (χ2n) is 2.75. The summed E-state index contributed by atoms with van der Waals surface area (Å²) in [4.78, 5) is 0. The Kier molecular flexibility index (Phi) is 3.82. The number of hydrogen-bond donors (Lipinski definition) is 0. The van der Waals surface area contributed by atoms with Crippen LogP contribution in [0.15, 0.2) is 12.2 Å². The van der Waals surface area contributed by atoms with Crippen molar-refractivity contribution in [2.45, 2.75) is 25.3 Å². The third-order valence-corrected chi connectivity index (χ3v) is 3.87. The van der Waals surface area contributed by atoms with Gasteiger partial charge in [-0.05, 0) is 31.2 Å². The predicted octanol–water partition coefficient (Wildman–Crippen LogP) is 3.04. The lowest BCUT2D eigenvalue weighted by molar-refractivity contribution is 0.583. The summed E-state index contributed by atoms with van der Waals surface area (Å²) in [7, 11) is -1.35. The van der Waals surface area contributed by atoms with Crippen LogP contribution >= 0.6 is 22.2 Å². The Labute approximate surface area is 73.2 Å². The van der Waals surface area contributed by atoms with E-state index in [2.05, 4.69) is 12.2 Å². The van der Waals surface area contributed by atoms with Gasteiger partial charge in [0.05, 0.1) is 0 Å². The maximum Gasteiger partial charge on any atom is 0.237 e. The minimum atomic E-state index is -1.35. The zero-order valence-corrected chi connectivity index (χ0v) is 8.56. The quantitative estimate of drug-likeness (QED) is 0.361. The predicted molar refractivity (Wildman–Crippen MR) is 50.1 cm³/mol. The standard InChI is InChI=1S/C7H12Cl2Si/c8-10(9)6-7-4-2-1-3-5-7/h2,4,7,10H,1,3,5-6H2. The van der Waals surface area contributed by atoms with Crippen LogP contribution in [0.3, 0.4) is 0 Å². The van der Waals surface area contributed by atoms with Gasteiger partial charge in [0.2, 0.25) is 7.42 Å². The topological polar surface area (TPSA) is 0 Å². The molecule has 0 aliphatic heterocycles. The lowest BCUT2D eigenvalue weighted by Gasteiger charge is -2.15. The monoisotopic (exact) mass is 194 g/mol. The van der Waals surface area contributed by atoms with Crippen molar-refractivity contribution in [2.75, 3.05) is 0 Å². The summed E-state index contributed by atoms with van der Waals surface area (Å²) in [6.45, 7) is 0. The molecule has 1 atom stereocenters. The fraction of sp³-hybridized carbons (Fsp3) is 0.714. The van der Waals surface area contributed by atoms with Gasteiger partial charge in [-0.2, -0.15) is 22.2 Å². The first kappa shape index (κ1) is 8.63. The molecule has 0 spiro atoms. The first-order valence-corrected chi connectivity index (χ1v) is 8.04. The summed E-state index contributed by atoms with van der Waals surface area (Å²) >= 11 is 11.6. The third kappa shape index (κ3) is 3.09. The second kappa shape index (κ2) is 4.42. The molecule has 0 N–H and O–H groups in total. The number of rotatable bonds is 2. The van der Waals surface area contributed by atoms with Crippen molar-refractivity contribution in [2.24, 2.45) is 5.92 Å². The van der Waals surface area contributed by atoms with Gasteiger partial charge in [-0.15, -0.1) is 0 Å². The SMILES string of the molecule is Cl[SiH](Cl)CC1C=CCCC1. The van der Waals surface area contributed by atoms with Crippen molar-refractivity contribution in [1.29, 1.82) is 0 Å². The molecular formula is C7H12Cl2Si. The van der Waals surface area contributed by atoms with Gasteiger partial charge < -0.3 is 0 Å². The van der Waals surface area contributed by atoms with Crippen LogP contribution in [0.2, 0.25) is 6.04 Å². The Balaban J connectivity index is 2.26. The minimum Gasteiger partial charge on any atom is -0.150 e. The number of allylic oxidation sites excluding steroid dienone is 2. The second-order valence-corrected chi connectivity index (χ2v) is 7.83. The first-order chi connectivity index (χ1) is 4.79. The molecule has 0 aromatic rings. The normalized spacial score (nSPS) is 25.7. The maximum absolute atomic E-state index is 5.78. The van der Waals surface area contributed by atoms with Crippen molar-refractivity contribution in [3.05, 3.63) is 12.2 Å². The molecule has 0 fully saturated rings. The average molecular weight is 195 g/mol. The molecule has 1 aliphatic rings. The van der Waals surface area contributed by atoms with E-state index in [9.17, 15) is 0 Å². The van der Waals surface area contributed by atoms with Crippen LogP contribution in [0, 0.1) is 5.92 Å². The highest BCUT2D eigenvalue weighted by atomic mass is 35.7. The molecule has 0 nitrogen and oxygen atoms in total. The Morgan fingerprint density at radius 2 is 2.30 bits per heavy atom. The van der Waals surface area contributed by atoms with E-state index < -0.39 is 7.42 Å². The molecule has 1 rings (SSSR count). The van der Waals surface area contributed by atoms with Crippen LogP contribution in [0.4, 0.5) is 0 Å². The molecule has 0 aromatic carbocycles. The zero-order chi connectivity index (χ0) is 7.40. The smallest absolute Gasteiger partial charge is 0.150 e. The first-order valence-electron chi connectivity index (χ1n) is 3.74. The van der Waals surface area contributed by atoms with Gasteiger partial charge >= 0.3 is 0 Å². The van der Waals surface area contributed by atoms with Crippen molar-refractivity contribution < 1.29 is 0 Å². The third-order valence-electron chi connectivity index (χ3n) is 1.83. The van der Waals surface area contributed by atoms with Crippen LogP contribution in [0.25, 0.3) is 0 Å². The van der Waals surface area contributed by atoms with Crippen molar-refractivity contribution >= 4 is 29.6 Å². The molecule has 58 valence electrons. The molecule has 0 saturated heterocycles. The van der Waals surface area contributed by atoms with E-state index >= 15 is 0 Å².